The van der Waals surface area contributed by atoms with Crippen LogP contribution in [-0.2, 0) is 10.0 Å². The van der Waals surface area contributed by atoms with Gasteiger partial charge >= 0.3 is 0 Å². The van der Waals surface area contributed by atoms with Gasteiger partial charge in [0, 0.05) is 6.07 Å². The van der Waals surface area contributed by atoms with Gasteiger partial charge in [-0.15, -0.1) is 4.83 Å². The maximum absolute atomic E-state index is 12.9. The molecule has 1 rings (SSSR count). The van der Waals surface area contributed by atoms with E-state index in [0.717, 1.165) is 0 Å². The quantitative estimate of drug-likeness (QED) is 0.457. The summed E-state index contributed by atoms with van der Waals surface area (Å²) in [4.78, 5) is 0.597. The molecule has 0 saturated carbocycles. The lowest BCUT2D eigenvalue weighted by Gasteiger charge is -2.04. The third kappa shape index (κ3) is 2.01. The molecule has 1 aromatic carbocycles. The Kier molecular flexibility index (Phi) is 3.05. The van der Waals surface area contributed by atoms with Gasteiger partial charge in [0.1, 0.15) is 16.5 Å². The van der Waals surface area contributed by atoms with Gasteiger partial charge in [-0.25, -0.2) is 17.2 Å². The largest absolute Gasteiger partial charge is 0.257 e. The van der Waals surface area contributed by atoms with E-state index in [4.69, 9.17) is 11.6 Å². The number of rotatable bonds is 2. The van der Waals surface area contributed by atoms with E-state index < -0.39 is 31.6 Å². The first-order valence-electron chi connectivity index (χ1n) is 3.25. The lowest BCUT2D eigenvalue weighted by Crippen LogP contribution is -2.30. The van der Waals surface area contributed by atoms with Gasteiger partial charge in [-0.05, 0) is 6.07 Å². The summed E-state index contributed by atoms with van der Waals surface area (Å²) in [6, 6.07) is 1.01. The van der Waals surface area contributed by atoms with Crippen molar-refractivity contribution in [3.05, 3.63) is 28.8 Å². The van der Waals surface area contributed by atoms with Crippen LogP contribution in [0.5, 0.6) is 0 Å². The van der Waals surface area contributed by atoms with Crippen molar-refractivity contribution in [1.82, 2.24) is 4.83 Å². The Morgan fingerprint density at radius 3 is 2.36 bits per heavy atom. The van der Waals surface area contributed by atoms with Crippen LogP contribution in [0.25, 0.3) is 0 Å². The fourth-order valence-corrected chi connectivity index (χ4v) is 1.72. The standard InChI is InChI=1S/C6H5ClF2N2O2S/c7-3-1-6(14(12,13)11-10)5(9)2-4(3)8/h1-2,11H,10H2. The van der Waals surface area contributed by atoms with Crippen LogP contribution in [0.2, 0.25) is 5.02 Å². The average Bonchev–Trinajstić information content (AvgIpc) is 2.11. The molecule has 0 unspecified atom stereocenters. The van der Waals surface area contributed by atoms with E-state index in [1.165, 1.54) is 4.83 Å². The molecule has 0 bridgehead atoms. The second-order valence-electron chi connectivity index (χ2n) is 2.32. The molecule has 0 fully saturated rings. The highest BCUT2D eigenvalue weighted by molar-refractivity contribution is 7.89. The van der Waals surface area contributed by atoms with E-state index >= 15 is 0 Å². The SMILES string of the molecule is NNS(=O)(=O)c1cc(Cl)c(F)cc1F. The molecule has 0 atom stereocenters. The molecule has 1 aromatic rings. The first kappa shape index (κ1) is 11.3. The topological polar surface area (TPSA) is 72.2 Å². The Labute approximate surface area is 83.7 Å². The molecular formula is C6H5ClF2N2O2S. The smallest absolute Gasteiger partial charge is 0.256 e. The van der Waals surface area contributed by atoms with Gasteiger partial charge in [0.25, 0.3) is 10.0 Å². The van der Waals surface area contributed by atoms with Gasteiger partial charge in [-0.2, -0.15) is 0 Å². The van der Waals surface area contributed by atoms with Gasteiger partial charge in [0.15, 0.2) is 0 Å². The van der Waals surface area contributed by atoms with Crippen LogP contribution in [0.3, 0.4) is 0 Å². The molecule has 0 aliphatic rings. The predicted octanol–water partition coefficient (Wildman–Crippen LogP) is 0.770. The van der Waals surface area contributed by atoms with Gasteiger partial charge in [0.2, 0.25) is 0 Å². The minimum atomic E-state index is -4.17. The molecule has 0 spiro atoms. The van der Waals surface area contributed by atoms with Crippen LogP contribution in [0.15, 0.2) is 17.0 Å². The van der Waals surface area contributed by atoms with Crippen molar-refractivity contribution in [2.24, 2.45) is 5.84 Å². The lowest BCUT2D eigenvalue weighted by atomic mass is 10.3. The second-order valence-corrected chi connectivity index (χ2v) is 4.41. The number of nitrogens with two attached hydrogens (primary N) is 1. The Morgan fingerprint density at radius 1 is 1.29 bits per heavy atom. The molecule has 78 valence electrons. The molecule has 3 N–H and O–H groups in total. The number of hydrogen-bond acceptors (Lipinski definition) is 3. The molecule has 0 aliphatic heterocycles. The fourth-order valence-electron chi connectivity index (χ4n) is 0.774. The third-order valence-electron chi connectivity index (χ3n) is 1.42. The third-order valence-corrected chi connectivity index (χ3v) is 2.91. The summed E-state index contributed by atoms with van der Waals surface area (Å²) in [5.74, 6) is 2.35. The number of nitrogens with one attached hydrogen (secondary N) is 1. The van der Waals surface area contributed by atoms with Crippen molar-refractivity contribution in [3.63, 3.8) is 0 Å². The molecule has 8 heteroatoms. The van der Waals surface area contributed by atoms with E-state index in [1.807, 2.05) is 0 Å². The van der Waals surface area contributed by atoms with Crippen LogP contribution in [0, 0.1) is 11.6 Å². The van der Waals surface area contributed by atoms with E-state index in [0.29, 0.717) is 12.1 Å². The minimum Gasteiger partial charge on any atom is -0.257 e. The van der Waals surface area contributed by atoms with Crippen molar-refractivity contribution < 1.29 is 17.2 Å². The van der Waals surface area contributed by atoms with Crippen molar-refractivity contribution in [2.75, 3.05) is 0 Å². The number of hydrazine groups is 1. The van der Waals surface area contributed by atoms with Crippen LogP contribution in [-0.4, -0.2) is 8.42 Å². The summed E-state index contributed by atoms with van der Waals surface area (Å²) in [6.07, 6.45) is 0. The summed E-state index contributed by atoms with van der Waals surface area (Å²) < 4.78 is 47.6. The summed E-state index contributed by atoms with van der Waals surface area (Å²) in [5.41, 5.74) is 0. The second kappa shape index (κ2) is 3.77. The molecular weight excluding hydrogens is 238 g/mol. The van der Waals surface area contributed by atoms with E-state index in [2.05, 4.69) is 5.84 Å². The number of sulfonamides is 1. The number of hydrogen-bond donors (Lipinski definition) is 2. The molecule has 0 aromatic heterocycles. The maximum Gasteiger partial charge on any atom is 0.256 e. The van der Waals surface area contributed by atoms with Crippen molar-refractivity contribution in [3.8, 4) is 0 Å². The molecule has 0 aliphatic carbocycles. The van der Waals surface area contributed by atoms with Crippen LogP contribution in [0.1, 0.15) is 0 Å². The van der Waals surface area contributed by atoms with Gasteiger partial charge < -0.3 is 0 Å². The summed E-state index contributed by atoms with van der Waals surface area (Å²) >= 11 is 5.27. The molecule has 0 saturated heterocycles. The molecule has 14 heavy (non-hydrogen) atoms. The zero-order valence-corrected chi connectivity index (χ0v) is 8.16. The molecule has 0 radical (unpaired) electrons. The zero-order chi connectivity index (χ0) is 10.9. The highest BCUT2D eigenvalue weighted by atomic mass is 35.5. The first-order valence-corrected chi connectivity index (χ1v) is 5.11. The minimum absolute atomic E-state index is 0.368. The zero-order valence-electron chi connectivity index (χ0n) is 6.59. The van der Waals surface area contributed by atoms with Crippen molar-refractivity contribution >= 4 is 21.6 Å². The molecule has 0 heterocycles. The first-order chi connectivity index (χ1) is 6.38. The maximum atomic E-state index is 12.9. The van der Waals surface area contributed by atoms with E-state index in [-0.39, 0.29) is 0 Å². The van der Waals surface area contributed by atoms with Gasteiger partial charge in [-0.1, -0.05) is 11.6 Å². The Bertz CT molecular complexity index is 463. The van der Waals surface area contributed by atoms with Gasteiger partial charge in [-0.3, -0.25) is 5.84 Å². The van der Waals surface area contributed by atoms with Crippen molar-refractivity contribution in [1.29, 1.82) is 0 Å². The van der Waals surface area contributed by atoms with Crippen molar-refractivity contribution in [2.45, 2.75) is 4.90 Å². The Hall–Kier alpha value is -0.760. The average molecular weight is 243 g/mol. The number of halogens is 3. The molecule has 4 nitrogen and oxygen atoms in total. The van der Waals surface area contributed by atoms with E-state index in [9.17, 15) is 17.2 Å². The van der Waals surface area contributed by atoms with Crippen LogP contribution >= 0.6 is 11.6 Å². The highest BCUT2D eigenvalue weighted by Gasteiger charge is 2.19. The monoisotopic (exact) mass is 242 g/mol. The predicted molar refractivity (Wildman–Crippen MR) is 45.9 cm³/mol. The summed E-state index contributed by atoms with van der Waals surface area (Å²) in [7, 11) is -4.17. The number of benzene rings is 1. The fraction of sp³-hybridized carbons (Fsp3) is 0. The molecule has 0 amide bonds. The highest BCUT2D eigenvalue weighted by Crippen LogP contribution is 2.22. The lowest BCUT2D eigenvalue weighted by molar-refractivity contribution is 0.544. The Balaban J connectivity index is 3.45. The van der Waals surface area contributed by atoms with Gasteiger partial charge in [0.05, 0.1) is 5.02 Å². The summed E-state index contributed by atoms with van der Waals surface area (Å²) in [6.45, 7) is 0. The normalized spacial score (nSPS) is 11.7. The van der Waals surface area contributed by atoms with Crippen LogP contribution < -0.4 is 10.7 Å². The Morgan fingerprint density at radius 2 is 1.86 bits per heavy atom. The van der Waals surface area contributed by atoms with E-state index in [1.54, 1.807) is 0 Å². The summed E-state index contributed by atoms with van der Waals surface area (Å²) in [5, 5.41) is -0.500. The van der Waals surface area contributed by atoms with Crippen LogP contribution in [0.4, 0.5) is 8.78 Å².